The third-order valence-electron chi connectivity index (χ3n) is 3.20. The highest BCUT2D eigenvalue weighted by Crippen LogP contribution is 2.32. The number of nitro benzene ring substituents is 1. The molecule has 0 unspecified atom stereocenters. The number of hydrogen-bond acceptors (Lipinski definition) is 5. The van der Waals surface area contributed by atoms with Crippen LogP contribution < -0.4 is 0 Å². The molecule has 0 amide bonds. The summed E-state index contributed by atoms with van der Waals surface area (Å²) in [5.41, 5.74) is -0.253. The van der Waals surface area contributed by atoms with Gasteiger partial charge in [0.15, 0.2) is 0 Å². The molecule has 1 N–H and O–H groups in total. The molecule has 0 spiro atoms. The molecule has 1 heterocycles. The van der Waals surface area contributed by atoms with E-state index in [0.717, 1.165) is 22.5 Å². The highest BCUT2D eigenvalue weighted by molar-refractivity contribution is 9.10. The second kappa shape index (κ2) is 5.70. The topological polar surface area (TPSA) is 118 Å². The predicted octanol–water partition coefficient (Wildman–Crippen LogP) is 1.59. The minimum atomic E-state index is -4.02. The number of halogens is 1. The van der Waals surface area contributed by atoms with Crippen molar-refractivity contribution < 1.29 is 23.2 Å². The van der Waals surface area contributed by atoms with Crippen LogP contribution in [0.3, 0.4) is 0 Å². The molecule has 0 aromatic heterocycles. The number of nitro groups is 1. The van der Waals surface area contributed by atoms with Crippen LogP contribution in [0.25, 0.3) is 0 Å². The fraction of sp³-hybridized carbons (Fsp3) is 0.364. The monoisotopic (exact) mass is 378 g/mol. The summed E-state index contributed by atoms with van der Waals surface area (Å²) < 4.78 is 26.0. The first kappa shape index (κ1) is 15.9. The van der Waals surface area contributed by atoms with Gasteiger partial charge >= 0.3 is 5.97 Å². The lowest BCUT2D eigenvalue weighted by atomic mass is 10.2. The van der Waals surface area contributed by atoms with Crippen molar-refractivity contribution in [3.63, 3.8) is 0 Å². The number of carboxylic acids is 1. The van der Waals surface area contributed by atoms with Gasteiger partial charge in [0.05, 0.1) is 9.82 Å². The molecule has 114 valence electrons. The summed E-state index contributed by atoms with van der Waals surface area (Å²) in [6, 6.07) is 2.16. The van der Waals surface area contributed by atoms with E-state index in [0.29, 0.717) is 6.42 Å². The van der Waals surface area contributed by atoms with Crippen molar-refractivity contribution in [3.8, 4) is 0 Å². The Kier molecular flexibility index (Phi) is 4.30. The van der Waals surface area contributed by atoms with E-state index in [2.05, 4.69) is 15.9 Å². The van der Waals surface area contributed by atoms with Crippen molar-refractivity contribution in [3.05, 3.63) is 32.8 Å². The predicted molar refractivity (Wildman–Crippen MR) is 75.3 cm³/mol. The van der Waals surface area contributed by atoms with E-state index in [-0.39, 0.29) is 28.0 Å². The van der Waals surface area contributed by atoms with Gasteiger partial charge in [0, 0.05) is 23.2 Å². The van der Waals surface area contributed by atoms with Crippen LogP contribution in [-0.2, 0) is 14.8 Å². The average molecular weight is 379 g/mol. The van der Waals surface area contributed by atoms with E-state index in [1.54, 1.807) is 0 Å². The zero-order chi connectivity index (χ0) is 15.8. The Morgan fingerprint density at radius 1 is 1.48 bits per heavy atom. The number of benzene rings is 1. The quantitative estimate of drug-likeness (QED) is 0.627. The van der Waals surface area contributed by atoms with Crippen molar-refractivity contribution in [1.29, 1.82) is 0 Å². The van der Waals surface area contributed by atoms with Gasteiger partial charge in [-0.25, -0.2) is 8.42 Å². The van der Waals surface area contributed by atoms with Crippen molar-refractivity contribution in [1.82, 2.24) is 4.31 Å². The van der Waals surface area contributed by atoms with E-state index in [9.17, 15) is 23.3 Å². The molecule has 1 fully saturated rings. The van der Waals surface area contributed by atoms with E-state index in [1.165, 1.54) is 0 Å². The minimum Gasteiger partial charge on any atom is -0.480 e. The standard InChI is InChI=1S/C11H11BrN2O6S/c12-8-6-7(14(17)18)3-4-10(8)21(19,20)13-5-1-2-9(13)11(15)16/h3-4,6,9H,1-2,5H2,(H,15,16)/t9-/m1/s1. The van der Waals surface area contributed by atoms with Crippen LogP contribution in [0.2, 0.25) is 0 Å². The van der Waals surface area contributed by atoms with Gasteiger partial charge in [-0.1, -0.05) is 0 Å². The first-order valence-electron chi connectivity index (χ1n) is 5.93. The van der Waals surface area contributed by atoms with Crippen molar-refractivity contribution in [2.45, 2.75) is 23.8 Å². The van der Waals surface area contributed by atoms with Crippen LogP contribution >= 0.6 is 15.9 Å². The molecule has 1 saturated heterocycles. The molecular weight excluding hydrogens is 368 g/mol. The second-order valence-corrected chi connectivity index (χ2v) is 7.20. The maximum absolute atomic E-state index is 12.5. The van der Waals surface area contributed by atoms with Crippen molar-refractivity contribution in [2.75, 3.05) is 6.54 Å². The van der Waals surface area contributed by atoms with Gasteiger partial charge in [0.2, 0.25) is 10.0 Å². The Hall–Kier alpha value is -1.52. The molecule has 0 saturated carbocycles. The minimum absolute atomic E-state index is 0.0349. The highest BCUT2D eigenvalue weighted by Gasteiger charge is 2.40. The van der Waals surface area contributed by atoms with Gasteiger partial charge in [-0.2, -0.15) is 4.31 Å². The number of aliphatic carboxylic acids is 1. The van der Waals surface area contributed by atoms with Crippen molar-refractivity contribution in [2.24, 2.45) is 0 Å². The number of rotatable bonds is 4. The molecule has 2 rings (SSSR count). The Bertz CT molecular complexity index is 705. The Morgan fingerprint density at radius 3 is 2.67 bits per heavy atom. The van der Waals surface area contributed by atoms with Gasteiger partial charge in [-0.3, -0.25) is 14.9 Å². The third kappa shape index (κ3) is 2.92. The molecule has 0 radical (unpaired) electrons. The summed E-state index contributed by atoms with van der Waals surface area (Å²) in [4.78, 5) is 20.9. The summed E-state index contributed by atoms with van der Waals surface area (Å²) >= 11 is 3.00. The first-order valence-corrected chi connectivity index (χ1v) is 8.17. The molecule has 1 aliphatic rings. The van der Waals surface area contributed by atoms with Crippen LogP contribution in [0.4, 0.5) is 5.69 Å². The zero-order valence-electron chi connectivity index (χ0n) is 10.6. The Morgan fingerprint density at radius 2 is 2.14 bits per heavy atom. The number of carbonyl (C=O) groups is 1. The average Bonchev–Trinajstić information content (AvgIpc) is 2.88. The summed E-state index contributed by atoms with van der Waals surface area (Å²) in [7, 11) is -4.02. The molecule has 21 heavy (non-hydrogen) atoms. The molecule has 10 heteroatoms. The fourth-order valence-corrected chi connectivity index (χ4v) is 4.89. The van der Waals surface area contributed by atoms with Crippen LogP contribution in [0.1, 0.15) is 12.8 Å². The number of nitrogens with zero attached hydrogens (tertiary/aromatic N) is 2. The van der Waals surface area contributed by atoms with Gasteiger partial charge in [0.25, 0.3) is 5.69 Å². The normalized spacial score (nSPS) is 19.6. The molecule has 1 aromatic carbocycles. The lowest BCUT2D eigenvalue weighted by Gasteiger charge is -2.21. The van der Waals surface area contributed by atoms with Gasteiger partial charge in [0.1, 0.15) is 6.04 Å². The van der Waals surface area contributed by atoms with Crippen LogP contribution in [-0.4, -0.2) is 41.3 Å². The molecule has 1 atom stereocenters. The Labute approximate surface area is 128 Å². The van der Waals surface area contributed by atoms with Gasteiger partial charge in [-0.05, 0) is 34.8 Å². The smallest absolute Gasteiger partial charge is 0.322 e. The summed E-state index contributed by atoms with van der Waals surface area (Å²) in [5, 5.41) is 19.7. The fourth-order valence-electron chi connectivity index (χ4n) is 2.21. The molecule has 0 aliphatic carbocycles. The molecule has 1 aliphatic heterocycles. The Balaban J connectivity index is 2.45. The molecule has 8 nitrogen and oxygen atoms in total. The van der Waals surface area contributed by atoms with Crippen LogP contribution in [0.5, 0.6) is 0 Å². The summed E-state index contributed by atoms with van der Waals surface area (Å²) in [6.45, 7) is 0.114. The molecule has 1 aromatic rings. The van der Waals surface area contributed by atoms with E-state index >= 15 is 0 Å². The lowest BCUT2D eigenvalue weighted by molar-refractivity contribution is -0.385. The first-order chi connectivity index (χ1) is 9.75. The maximum atomic E-state index is 12.5. The summed E-state index contributed by atoms with van der Waals surface area (Å²) in [6.07, 6.45) is 0.708. The van der Waals surface area contributed by atoms with E-state index < -0.39 is 27.0 Å². The maximum Gasteiger partial charge on any atom is 0.322 e. The van der Waals surface area contributed by atoms with Crippen molar-refractivity contribution >= 4 is 37.6 Å². The van der Waals surface area contributed by atoms with E-state index in [1.807, 2.05) is 0 Å². The lowest BCUT2D eigenvalue weighted by Crippen LogP contribution is -2.40. The highest BCUT2D eigenvalue weighted by atomic mass is 79.9. The number of non-ortho nitro benzene ring substituents is 1. The molecular formula is C11H11BrN2O6S. The van der Waals surface area contributed by atoms with Crippen LogP contribution in [0.15, 0.2) is 27.6 Å². The van der Waals surface area contributed by atoms with Crippen LogP contribution in [0, 0.1) is 10.1 Å². The number of sulfonamides is 1. The number of hydrogen-bond donors (Lipinski definition) is 1. The van der Waals surface area contributed by atoms with Gasteiger partial charge < -0.3 is 5.11 Å². The number of carboxylic acid groups (broad SMARTS) is 1. The van der Waals surface area contributed by atoms with E-state index in [4.69, 9.17) is 5.11 Å². The largest absolute Gasteiger partial charge is 0.480 e. The second-order valence-electron chi connectivity index (χ2n) is 4.48. The third-order valence-corrected chi connectivity index (χ3v) is 6.09. The zero-order valence-corrected chi connectivity index (χ0v) is 13.0. The molecule has 0 bridgehead atoms. The SMILES string of the molecule is O=C(O)[C@H]1CCCN1S(=O)(=O)c1ccc([N+](=O)[O-])cc1Br. The summed E-state index contributed by atoms with van der Waals surface area (Å²) in [5.74, 6) is -1.20. The van der Waals surface area contributed by atoms with Gasteiger partial charge in [-0.15, -0.1) is 0 Å².